The van der Waals surface area contributed by atoms with E-state index in [0.29, 0.717) is 6.54 Å². The number of rotatable bonds is 7. The molecular formula is C13H19F2N3S. The highest BCUT2D eigenvalue weighted by molar-refractivity contribution is 7.80. The minimum Gasteiger partial charge on any atom is -0.389 e. The third-order valence-corrected chi connectivity index (χ3v) is 3.19. The van der Waals surface area contributed by atoms with Gasteiger partial charge in [-0.15, -0.1) is 0 Å². The zero-order valence-corrected chi connectivity index (χ0v) is 12.0. The largest absolute Gasteiger partial charge is 0.389 e. The van der Waals surface area contributed by atoms with Crippen molar-refractivity contribution in [3.05, 3.63) is 29.3 Å². The number of halogens is 2. The van der Waals surface area contributed by atoms with Crippen LogP contribution in [0.25, 0.3) is 0 Å². The maximum atomic E-state index is 13.7. The molecule has 0 fully saturated rings. The van der Waals surface area contributed by atoms with E-state index in [4.69, 9.17) is 18.0 Å². The van der Waals surface area contributed by atoms with Crippen molar-refractivity contribution in [2.24, 2.45) is 5.73 Å². The third kappa shape index (κ3) is 4.40. The number of likely N-dealkylation sites (N-methyl/N-ethyl adjacent to an activating group) is 1. The number of nitrogens with two attached hydrogens (primary N) is 1. The van der Waals surface area contributed by atoms with Gasteiger partial charge in [0.2, 0.25) is 0 Å². The van der Waals surface area contributed by atoms with Gasteiger partial charge < -0.3 is 16.0 Å². The van der Waals surface area contributed by atoms with Gasteiger partial charge in [-0.25, -0.2) is 8.78 Å². The summed E-state index contributed by atoms with van der Waals surface area (Å²) in [5.74, 6) is -1.36. The molecule has 0 spiro atoms. The van der Waals surface area contributed by atoms with Gasteiger partial charge >= 0.3 is 0 Å². The van der Waals surface area contributed by atoms with Gasteiger partial charge in [-0.1, -0.05) is 26.1 Å². The lowest BCUT2D eigenvalue weighted by molar-refractivity contribution is 0.315. The predicted octanol–water partition coefficient (Wildman–Crippen LogP) is 2.35. The lowest BCUT2D eigenvalue weighted by Crippen LogP contribution is -2.29. The van der Waals surface area contributed by atoms with E-state index in [1.807, 2.05) is 13.8 Å². The summed E-state index contributed by atoms with van der Waals surface area (Å²) in [5.41, 5.74) is 5.41. The summed E-state index contributed by atoms with van der Waals surface area (Å²) in [7, 11) is 0. The van der Waals surface area contributed by atoms with Crippen molar-refractivity contribution >= 4 is 22.9 Å². The molecular weight excluding hydrogens is 268 g/mol. The molecule has 0 aliphatic heterocycles. The molecule has 0 aromatic heterocycles. The van der Waals surface area contributed by atoms with Gasteiger partial charge in [0.1, 0.15) is 22.3 Å². The molecule has 0 radical (unpaired) electrons. The average molecular weight is 287 g/mol. The molecule has 19 heavy (non-hydrogen) atoms. The number of hydrogen-bond donors (Lipinski definition) is 2. The number of anilines is 1. The Morgan fingerprint density at radius 2 is 1.79 bits per heavy atom. The van der Waals surface area contributed by atoms with Crippen LogP contribution in [-0.2, 0) is 0 Å². The van der Waals surface area contributed by atoms with E-state index < -0.39 is 11.6 Å². The van der Waals surface area contributed by atoms with Crippen molar-refractivity contribution in [2.75, 3.05) is 31.5 Å². The van der Waals surface area contributed by atoms with Crippen molar-refractivity contribution < 1.29 is 8.78 Å². The lowest BCUT2D eigenvalue weighted by atomic mass is 10.2. The Hall–Kier alpha value is -1.27. The van der Waals surface area contributed by atoms with Crippen LogP contribution in [0, 0.1) is 11.6 Å². The first kappa shape index (κ1) is 15.8. The summed E-state index contributed by atoms with van der Waals surface area (Å²) in [6, 6.07) is 2.29. The molecule has 6 heteroatoms. The van der Waals surface area contributed by atoms with Crippen LogP contribution >= 0.6 is 12.2 Å². The van der Waals surface area contributed by atoms with E-state index in [-0.39, 0.29) is 16.2 Å². The molecule has 106 valence electrons. The lowest BCUT2D eigenvalue weighted by Gasteiger charge is -2.19. The van der Waals surface area contributed by atoms with E-state index in [1.165, 1.54) is 0 Å². The first-order valence-corrected chi connectivity index (χ1v) is 6.65. The number of nitrogens with one attached hydrogen (secondary N) is 1. The topological polar surface area (TPSA) is 41.3 Å². The SMILES string of the molecule is CCN(CC)CCNc1c(F)cc(C(N)=S)cc1F. The molecule has 0 saturated carbocycles. The van der Waals surface area contributed by atoms with Gasteiger partial charge in [-0.05, 0) is 25.2 Å². The molecule has 0 aliphatic carbocycles. The fourth-order valence-electron chi connectivity index (χ4n) is 1.76. The molecule has 0 saturated heterocycles. The van der Waals surface area contributed by atoms with Gasteiger partial charge in [0.15, 0.2) is 0 Å². The summed E-state index contributed by atoms with van der Waals surface area (Å²) in [4.78, 5) is 2.14. The van der Waals surface area contributed by atoms with E-state index >= 15 is 0 Å². The van der Waals surface area contributed by atoms with Crippen LogP contribution < -0.4 is 11.1 Å². The summed E-state index contributed by atoms with van der Waals surface area (Å²) >= 11 is 4.70. The summed E-state index contributed by atoms with van der Waals surface area (Å²) in [6.07, 6.45) is 0. The van der Waals surface area contributed by atoms with Gasteiger partial charge in [-0.2, -0.15) is 0 Å². The maximum absolute atomic E-state index is 13.7. The Bertz CT molecular complexity index is 425. The normalized spacial score (nSPS) is 10.8. The molecule has 0 heterocycles. The quantitative estimate of drug-likeness (QED) is 0.755. The van der Waals surface area contributed by atoms with Crippen LogP contribution in [0.5, 0.6) is 0 Å². The predicted molar refractivity (Wildman–Crippen MR) is 78.5 cm³/mol. The van der Waals surface area contributed by atoms with E-state index in [9.17, 15) is 8.78 Å². The maximum Gasteiger partial charge on any atom is 0.150 e. The van der Waals surface area contributed by atoms with Crippen LogP contribution in [0.15, 0.2) is 12.1 Å². The number of benzene rings is 1. The highest BCUT2D eigenvalue weighted by Gasteiger charge is 2.12. The van der Waals surface area contributed by atoms with Gasteiger partial charge in [0.05, 0.1) is 0 Å². The monoisotopic (exact) mass is 287 g/mol. The van der Waals surface area contributed by atoms with Gasteiger partial charge in [0.25, 0.3) is 0 Å². The molecule has 0 bridgehead atoms. The molecule has 0 unspecified atom stereocenters. The second-order valence-electron chi connectivity index (χ2n) is 4.13. The Labute approximate surface area is 117 Å². The van der Waals surface area contributed by atoms with Crippen LogP contribution in [0.2, 0.25) is 0 Å². The molecule has 0 atom stereocenters. The Morgan fingerprint density at radius 3 is 2.21 bits per heavy atom. The fraction of sp³-hybridized carbons (Fsp3) is 0.462. The highest BCUT2D eigenvalue weighted by atomic mass is 32.1. The molecule has 1 aromatic carbocycles. The molecule has 1 aromatic rings. The zero-order valence-electron chi connectivity index (χ0n) is 11.2. The number of hydrogen-bond acceptors (Lipinski definition) is 3. The van der Waals surface area contributed by atoms with Crippen molar-refractivity contribution in [3.63, 3.8) is 0 Å². The smallest absolute Gasteiger partial charge is 0.150 e. The summed E-state index contributed by atoms with van der Waals surface area (Å²) in [5, 5.41) is 2.77. The second kappa shape index (κ2) is 7.35. The minimum atomic E-state index is -0.678. The number of thiocarbonyl (C=S) groups is 1. The highest BCUT2D eigenvalue weighted by Crippen LogP contribution is 2.20. The fourth-order valence-corrected chi connectivity index (χ4v) is 1.88. The van der Waals surface area contributed by atoms with Gasteiger partial charge in [0, 0.05) is 18.7 Å². The summed E-state index contributed by atoms with van der Waals surface area (Å²) in [6.45, 7) is 7.10. The van der Waals surface area contributed by atoms with Crippen LogP contribution in [0.4, 0.5) is 14.5 Å². The molecule has 3 N–H and O–H groups in total. The van der Waals surface area contributed by atoms with Crippen molar-refractivity contribution in [3.8, 4) is 0 Å². The van der Waals surface area contributed by atoms with E-state index in [1.54, 1.807) is 0 Å². The second-order valence-corrected chi connectivity index (χ2v) is 4.57. The molecule has 1 rings (SSSR count). The van der Waals surface area contributed by atoms with Crippen molar-refractivity contribution in [2.45, 2.75) is 13.8 Å². The van der Waals surface area contributed by atoms with E-state index in [2.05, 4.69) is 10.2 Å². The van der Waals surface area contributed by atoms with E-state index in [0.717, 1.165) is 31.8 Å². The summed E-state index contributed by atoms with van der Waals surface area (Å²) < 4.78 is 27.5. The Kier molecular flexibility index (Phi) is 6.11. The Balaban J connectivity index is 2.71. The molecule has 3 nitrogen and oxygen atoms in total. The molecule has 0 amide bonds. The van der Waals surface area contributed by atoms with Crippen LogP contribution in [0.3, 0.4) is 0 Å². The standard InChI is InChI=1S/C13H19F2N3S/c1-3-18(4-2)6-5-17-12-10(14)7-9(13(16)19)8-11(12)15/h7-8,17H,3-6H2,1-2H3,(H2,16,19). The minimum absolute atomic E-state index is 0.0208. The van der Waals surface area contributed by atoms with Crippen molar-refractivity contribution in [1.29, 1.82) is 0 Å². The number of nitrogens with zero attached hydrogens (tertiary/aromatic N) is 1. The zero-order chi connectivity index (χ0) is 14.4. The first-order chi connectivity index (χ1) is 8.99. The average Bonchev–Trinajstić information content (AvgIpc) is 2.37. The van der Waals surface area contributed by atoms with Crippen LogP contribution in [-0.4, -0.2) is 36.1 Å². The Morgan fingerprint density at radius 1 is 1.26 bits per heavy atom. The van der Waals surface area contributed by atoms with Crippen molar-refractivity contribution in [1.82, 2.24) is 4.90 Å². The molecule has 0 aliphatic rings. The van der Waals surface area contributed by atoms with Crippen LogP contribution in [0.1, 0.15) is 19.4 Å². The first-order valence-electron chi connectivity index (χ1n) is 6.24. The third-order valence-electron chi connectivity index (χ3n) is 2.95. The van der Waals surface area contributed by atoms with Gasteiger partial charge in [-0.3, -0.25) is 0 Å².